The van der Waals surface area contributed by atoms with Crippen molar-refractivity contribution in [3.05, 3.63) is 0 Å². The topological polar surface area (TPSA) is 113 Å². The minimum absolute atomic E-state index is 0.00231. The first kappa shape index (κ1) is 11.9. The van der Waals surface area contributed by atoms with Gasteiger partial charge in [0.2, 0.25) is 0 Å². The van der Waals surface area contributed by atoms with Gasteiger partial charge in [-0.25, -0.2) is 5.43 Å². The second-order valence-corrected chi connectivity index (χ2v) is 2.74. The Bertz CT molecular complexity index is 175. The van der Waals surface area contributed by atoms with Crippen LogP contribution in [0.5, 0.6) is 0 Å². The van der Waals surface area contributed by atoms with Crippen molar-refractivity contribution in [2.75, 3.05) is 0 Å². The number of hydrazine groups is 1. The molecule has 0 rings (SSSR count). The highest BCUT2D eigenvalue weighted by atomic mass is 16.4. The summed E-state index contributed by atoms with van der Waals surface area (Å²) in [5.74, 6) is 2.15. The summed E-state index contributed by atoms with van der Waals surface area (Å²) in [6.07, 6.45) is 0.387. The summed E-state index contributed by atoms with van der Waals surface area (Å²) in [4.78, 5) is 21.0. The summed E-state index contributed by atoms with van der Waals surface area (Å²) in [5.41, 5.74) is 2.06. The predicted octanol–water partition coefficient (Wildman–Crippen LogP) is -0.596. The van der Waals surface area contributed by atoms with Gasteiger partial charge in [0, 0.05) is 0 Å². The number of carboxylic acid groups (broad SMARTS) is 2. The molecule has 0 bridgehead atoms. The minimum Gasteiger partial charge on any atom is -0.481 e. The average Bonchev–Trinajstić information content (AvgIpc) is 2.05. The monoisotopic (exact) mass is 190 g/mol. The molecular formula is C7H14N2O4. The fourth-order valence-corrected chi connectivity index (χ4v) is 0.967. The van der Waals surface area contributed by atoms with Gasteiger partial charge in [-0.05, 0) is 12.8 Å². The molecule has 0 aromatic heterocycles. The van der Waals surface area contributed by atoms with Gasteiger partial charge in [-0.1, -0.05) is 6.92 Å². The zero-order valence-electron chi connectivity index (χ0n) is 7.36. The summed E-state index contributed by atoms with van der Waals surface area (Å²) in [5, 5.41) is 17.2. The molecule has 5 N–H and O–H groups in total. The van der Waals surface area contributed by atoms with E-state index in [1.807, 2.05) is 0 Å². The molecule has 0 spiro atoms. The Hall–Kier alpha value is -1.14. The Morgan fingerprint density at radius 3 is 2.15 bits per heavy atom. The lowest BCUT2D eigenvalue weighted by Gasteiger charge is -2.15. The zero-order valence-corrected chi connectivity index (χ0v) is 7.36. The van der Waals surface area contributed by atoms with E-state index in [0.29, 0.717) is 6.42 Å². The number of nitrogens with one attached hydrogen (secondary N) is 1. The predicted molar refractivity (Wildman–Crippen MR) is 44.8 cm³/mol. The fourth-order valence-electron chi connectivity index (χ4n) is 0.967. The van der Waals surface area contributed by atoms with Crippen LogP contribution >= 0.6 is 0 Å². The van der Waals surface area contributed by atoms with Crippen LogP contribution in [0.4, 0.5) is 0 Å². The molecule has 0 radical (unpaired) electrons. The van der Waals surface area contributed by atoms with Gasteiger partial charge in [0.1, 0.15) is 6.04 Å². The maximum Gasteiger partial charge on any atom is 0.322 e. The van der Waals surface area contributed by atoms with Crippen LogP contribution in [0.25, 0.3) is 0 Å². The van der Waals surface area contributed by atoms with Gasteiger partial charge in [-0.15, -0.1) is 0 Å². The Morgan fingerprint density at radius 2 is 1.92 bits per heavy atom. The molecule has 0 aliphatic heterocycles. The molecule has 0 aliphatic rings. The molecule has 0 heterocycles. The molecule has 6 heteroatoms. The van der Waals surface area contributed by atoms with Crippen LogP contribution in [0.3, 0.4) is 0 Å². The van der Waals surface area contributed by atoms with Crippen molar-refractivity contribution in [2.45, 2.75) is 25.8 Å². The van der Waals surface area contributed by atoms with Crippen molar-refractivity contribution < 1.29 is 19.8 Å². The van der Waals surface area contributed by atoms with Gasteiger partial charge in [-0.3, -0.25) is 15.4 Å². The van der Waals surface area contributed by atoms with Crippen LogP contribution < -0.4 is 11.3 Å². The molecule has 6 nitrogen and oxygen atoms in total. The van der Waals surface area contributed by atoms with Gasteiger partial charge in [0.05, 0.1) is 5.92 Å². The molecule has 0 fully saturated rings. The third-order valence-corrected chi connectivity index (χ3v) is 1.86. The first-order valence-corrected chi connectivity index (χ1v) is 3.94. The largest absolute Gasteiger partial charge is 0.481 e. The summed E-state index contributed by atoms with van der Waals surface area (Å²) < 4.78 is 0. The highest BCUT2D eigenvalue weighted by Crippen LogP contribution is 2.11. The lowest BCUT2D eigenvalue weighted by molar-refractivity contribution is -0.144. The molecule has 1 unspecified atom stereocenters. The number of rotatable bonds is 6. The van der Waals surface area contributed by atoms with Crippen molar-refractivity contribution in [1.82, 2.24) is 5.43 Å². The van der Waals surface area contributed by atoms with E-state index in [2.05, 4.69) is 5.43 Å². The van der Waals surface area contributed by atoms with Gasteiger partial charge in [0.25, 0.3) is 0 Å². The van der Waals surface area contributed by atoms with Crippen molar-refractivity contribution in [2.24, 2.45) is 11.8 Å². The van der Waals surface area contributed by atoms with E-state index in [1.54, 1.807) is 6.92 Å². The van der Waals surface area contributed by atoms with E-state index in [4.69, 9.17) is 16.1 Å². The van der Waals surface area contributed by atoms with Crippen molar-refractivity contribution in [1.29, 1.82) is 0 Å². The van der Waals surface area contributed by atoms with Crippen molar-refractivity contribution in [3.63, 3.8) is 0 Å². The summed E-state index contributed by atoms with van der Waals surface area (Å²) in [6.45, 7) is 1.69. The van der Waals surface area contributed by atoms with E-state index < -0.39 is 23.9 Å². The lowest BCUT2D eigenvalue weighted by Crippen LogP contribution is -2.43. The summed E-state index contributed by atoms with van der Waals surface area (Å²) in [6, 6.07) is -0.999. The van der Waals surface area contributed by atoms with E-state index >= 15 is 0 Å². The molecule has 0 aliphatic carbocycles. The van der Waals surface area contributed by atoms with Crippen molar-refractivity contribution in [3.8, 4) is 0 Å². The van der Waals surface area contributed by atoms with Crippen LogP contribution in [-0.2, 0) is 9.59 Å². The van der Waals surface area contributed by atoms with Crippen LogP contribution in [-0.4, -0.2) is 28.2 Å². The Balaban J connectivity index is 4.19. The molecule has 0 saturated carbocycles. The highest BCUT2D eigenvalue weighted by molar-refractivity contribution is 5.75. The third-order valence-electron chi connectivity index (χ3n) is 1.86. The molecular weight excluding hydrogens is 176 g/mol. The molecule has 2 atom stereocenters. The van der Waals surface area contributed by atoms with Crippen LogP contribution in [0.2, 0.25) is 0 Å². The van der Waals surface area contributed by atoms with Crippen molar-refractivity contribution >= 4 is 11.9 Å². The summed E-state index contributed by atoms with van der Waals surface area (Å²) >= 11 is 0. The average molecular weight is 190 g/mol. The molecule has 0 aromatic carbocycles. The lowest BCUT2D eigenvalue weighted by atomic mass is 9.98. The first-order valence-electron chi connectivity index (χ1n) is 3.94. The first-order chi connectivity index (χ1) is 6.02. The standard InChI is InChI=1S/C7H14N2O4/c1-2-4(6(10)11)3-5(9-8)7(12)13/h4-5,9H,2-3,8H2,1H3,(H,10,11)(H,12,13)/t4?,5-/m0/s1. The minimum atomic E-state index is -1.14. The number of carboxylic acids is 2. The number of nitrogens with two attached hydrogens (primary N) is 1. The van der Waals surface area contributed by atoms with Gasteiger partial charge in [-0.2, -0.15) is 0 Å². The highest BCUT2D eigenvalue weighted by Gasteiger charge is 2.24. The van der Waals surface area contributed by atoms with Gasteiger partial charge >= 0.3 is 11.9 Å². The van der Waals surface area contributed by atoms with E-state index in [9.17, 15) is 9.59 Å². The SMILES string of the molecule is CCC(C[C@H](NN)C(=O)O)C(=O)O. The van der Waals surface area contributed by atoms with Crippen LogP contribution in [0.15, 0.2) is 0 Å². The van der Waals surface area contributed by atoms with E-state index in [0.717, 1.165) is 0 Å². The number of hydrogen-bond donors (Lipinski definition) is 4. The summed E-state index contributed by atoms with van der Waals surface area (Å²) in [7, 11) is 0. The smallest absolute Gasteiger partial charge is 0.322 e. The zero-order chi connectivity index (χ0) is 10.4. The number of hydrogen-bond acceptors (Lipinski definition) is 4. The number of carbonyl (C=O) groups is 2. The van der Waals surface area contributed by atoms with Crippen LogP contribution in [0, 0.1) is 5.92 Å². The van der Waals surface area contributed by atoms with Crippen LogP contribution in [0.1, 0.15) is 19.8 Å². The second-order valence-electron chi connectivity index (χ2n) is 2.74. The number of aliphatic carboxylic acids is 2. The quantitative estimate of drug-likeness (QED) is 0.329. The Labute approximate surface area is 75.7 Å². The molecule has 0 saturated heterocycles. The molecule has 76 valence electrons. The van der Waals surface area contributed by atoms with Gasteiger partial charge in [0.15, 0.2) is 0 Å². The molecule has 13 heavy (non-hydrogen) atoms. The van der Waals surface area contributed by atoms with Gasteiger partial charge < -0.3 is 10.2 Å². The second kappa shape index (κ2) is 5.50. The normalized spacial score (nSPS) is 14.9. The molecule has 0 aromatic rings. The molecule has 0 amide bonds. The van der Waals surface area contributed by atoms with E-state index in [-0.39, 0.29) is 6.42 Å². The maximum absolute atomic E-state index is 10.5. The van der Waals surface area contributed by atoms with E-state index in [1.165, 1.54) is 0 Å². The fraction of sp³-hybridized carbons (Fsp3) is 0.714. The third kappa shape index (κ3) is 3.86. The Morgan fingerprint density at radius 1 is 1.38 bits per heavy atom. The Kier molecular flexibility index (Phi) is 5.01. The maximum atomic E-state index is 10.5.